The van der Waals surface area contributed by atoms with Crippen molar-refractivity contribution >= 4 is 11.6 Å². The molecule has 0 aromatic carbocycles. The molecule has 1 heterocycles. The largest absolute Gasteiger partial charge is 0.490 e. The predicted molar refractivity (Wildman–Crippen MR) is 82.4 cm³/mol. The molecule has 2 unspecified atom stereocenters. The molecule has 2 rings (SSSR count). The van der Waals surface area contributed by atoms with Gasteiger partial charge in [0.25, 0.3) is 0 Å². The molecular weight excluding hydrogens is 252 g/mol. The molecule has 1 aromatic rings. The molecule has 2 N–H and O–H groups in total. The number of anilines is 2. The van der Waals surface area contributed by atoms with Crippen LogP contribution in [0.1, 0.15) is 39.5 Å². The molecule has 0 bridgehead atoms. The minimum atomic E-state index is 0.715. The quantitative estimate of drug-likeness (QED) is 0.802. The van der Waals surface area contributed by atoms with E-state index in [0.29, 0.717) is 5.75 Å². The van der Waals surface area contributed by atoms with E-state index in [1.165, 1.54) is 19.3 Å². The molecule has 1 fully saturated rings. The number of hydrogen-bond acceptors (Lipinski definition) is 5. The third-order valence-corrected chi connectivity index (χ3v) is 3.91. The number of ether oxygens (including phenoxy) is 1. The average Bonchev–Trinajstić information content (AvgIpc) is 2.88. The molecule has 0 aliphatic heterocycles. The van der Waals surface area contributed by atoms with Crippen molar-refractivity contribution in [3.05, 3.63) is 6.33 Å². The van der Waals surface area contributed by atoms with Gasteiger partial charge in [0.05, 0.1) is 7.11 Å². The predicted octanol–water partition coefficient (Wildman–Crippen LogP) is 3.16. The Bertz CT molecular complexity index is 424. The van der Waals surface area contributed by atoms with E-state index in [9.17, 15) is 0 Å². The fraction of sp³-hybridized carbons (Fsp3) is 0.733. The van der Waals surface area contributed by atoms with Gasteiger partial charge in [-0.3, -0.25) is 0 Å². The van der Waals surface area contributed by atoms with E-state index in [1.807, 2.05) is 0 Å². The van der Waals surface area contributed by atoms with Gasteiger partial charge in [-0.05, 0) is 31.1 Å². The molecular formula is C15H26N4O. The molecule has 5 nitrogen and oxygen atoms in total. The SMILES string of the molecule is CCCNc1ncnc(NCC2CCC(C)C2)c1OC. The number of rotatable bonds is 7. The second kappa shape index (κ2) is 7.31. The minimum absolute atomic E-state index is 0.715. The zero-order valence-corrected chi connectivity index (χ0v) is 12.8. The van der Waals surface area contributed by atoms with Crippen LogP contribution in [-0.2, 0) is 0 Å². The van der Waals surface area contributed by atoms with Gasteiger partial charge in [-0.15, -0.1) is 0 Å². The molecule has 112 valence electrons. The summed E-state index contributed by atoms with van der Waals surface area (Å²) in [7, 11) is 1.67. The maximum absolute atomic E-state index is 5.46. The highest BCUT2D eigenvalue weighted by Gasteiger charge is 2.21. The van der Waals surface area contributed by atoms with Crippen LogP contribution in [0.25, 0.3) is 0 Å². The smallest absolute Gasteiger partial charge is 0.204 e. The van der Waals surface area contributed by atoms with Gasteiger partial charge < -0.3 is 15.4 Å². The maximum atomic E-state index is 5.46. The van der Waals surface area contributed by atoms with Crippen molar-refractivity contribution in [2.45, 2.75) is 39.5 Å². The van der Waals surface area contributed by atoms with E-state index in [4.69, 9.17) is 4.74 Å². The molecule has 0 amide bonds. The van der Waals surface area contributed by atoms with Crippen molar-refractivity contribution in [3.8, 4) is 5.75 Å². The number of nitrogens with zero attached hydrogens (tertiary/aromatic N) is 2. The van der Waals surface area contributed by atoms with Gasteiger partial charge in [0.2, 0.25) is 5.75 Å². The van der Waals surface area contributed by atoms with Crippen LogP contribution >= 0.6 is 0 Å². The van der Waals surface area contributed by atoms with Crippen LogP contribution in [0.3, 0.4) is 0 Å². The fourth-order valence-electron chi connectivity index (χ4n) is 2.81. The third-order valence-electron chi connectivity index (χ3n) is 3.91. The highest BCUT2D eigenvalue weighted by Crippen LogP contribution is 2.32. The summed E-state index contributed by atoms with van der Waals surface area (Å²) in [5.41, 5.74) is 0. The Hall–Kier alpha value is -1.52. The van der Waals surface area contributed by atoms with Crippen LogP contribution in [0.2, 0.25) is 0 Å². The average molecular weight is 278 g/mol. The highest BCUT2D eigenvalue weighted by molar-refractivity contribution is 5.63. The van der Waals surface area contributed by atoms with Gasteiger partial charge >= 0.3 is 0 Å². The Balaban J connectivity index is 1.99. The Labute approximate surface area is 121 Å². The summed E-state index contributed by atoms with van der Waals surface area (Å²) in [4.78, 5) is 8.56. The Morgan fingerprint density at radius 2 is 2.00 bits per heavy atom. The summed E-state index contributed by atoms with van der Waals surface area (Å²) in [5, 5.41) is 6.70. The van der Waals surface area contributed by atoms with E-state index < -0.39 is 0 Å². The normalized spacial score (nSPS) is 21.8. The van der Waals surface area contributed by atoms with E-state index in [-0.39, 0.29) is 0 Å². The molecule has 1 aliphatic carbocycles. The van der Waals surface area contributed by atoms with Gasteiger partial charge in [0, 0.05) is 13.1 Å². The first-order valence-corrected chi connectivity index (χ1v) is 7.61. The molecule has 0 spiro atoms. The van der Waals surface area contributed by atoms with Crippen molar-refractivity contribution in [2.24, 2.45) is 11.8 Å². The molecule has 1 aliphatic rings. The lowest BCUT2D eigenvalue weighted by atomic mass is 10.1. The van der Waals surface area contributed by atoms with Crippen molar-refractivity contribution < 1.29 is 4.74 Å². The van der Waals surface area contributed by atoms with Crippen molar-refractivity contribution in [1.82, 2.24) is 9.97 Å². The van der Waals surface area contributed by atoms with Gasteiger partial charge in [-0.2, -0.15) is 0 Å². The molecule has 20 heavy (non-hydrogen) atoms. The maximum Gasteiger partial charge on any atom is 0.204 e. The number of methoxy groups -OCH3 is 1. The first kappa shape index (κ1) is 14.9. The van der Waals surface area contributed by atoms with Gasteiger partial charge in [-0.25, -0.2) is 9.97 Å². The number of aromatic nitrogens is 2. The summed E-state index contributed by atoms with van der Waals surface area (Å²) >= 11 is 0. The number of hydrogen-bond donors (Lipinski definition) is 2. The second-order valence-electron chi connectivity index (χ2n) is 5.70. The van der Waals surface area contributed by atoms with Gasteiger partial charge in [-0.1, -0.05) is 20.3 Å². The summed E-state index contributed by atoms with van der Waals surface area (Å²) < 4.78 is 5.46. The van der Waals surface area contributed by atoms with Crippen molar-refractivity contribution in [1.29, 1.82) is 0 Å². The zero-order valence-electron chi connectivity index (χ0n) is 12.8. The third kappa shape index (κ3) is 3.74. The van der Waals surface area contributed by atoms with Gasteiger partial charge in [0.1, 0.15) is 6.33 Å². The van der Waals surface area contributed by atoms with E-state index in [1.54, 1.807) is 13.4 Å². The Kier molecular flexibility index (Phi) is 5.44. The molecule has 5 heteroatoms. The fourth-order valence-corrected chi connectivity index (χ4v) is 2.81. The van der Waals surface area contributed by atoms with Gasteiger partial charge in [0.15, 0.2) is 11.6 Å². The van der Waals surface area contributed by atoms with Crippen LogP contribution in [-0.4, -0.2) is 30.2 Å². The van der Waals surface area contributed by atoms with Crippen LogP contribution in [0.15, 0.2) is 6.33 Å². The first-order chi connectivity index (χ1) is 9.74. The zero-order chi connectivity index (χ0) is 14.4. The second-order valence-corrected chi connectivity index (χ2v) is 5.70. The standard InChI is InChI=1S/C15H26N4O/c1-4-7-16-14-13(20-3)15(19-10-18-14)17-9-12-6-5-11(2)8-12/h10-12H,4-9H2,1-3H3,(H2,16,17,18,19). The summed E-state index contributed by atoms with van der Waals surface area (Å²) in [5.74, 6) is 3.88. The summed E-state index contributed by atoms with van der Waals surface area (Å²) in [6.45, 7) is 6.30. The summed E-state index contributed by atoms with van der Waals surface area (Å²) in [6, 6.07) is 0. The van der Waals surface area contributed by atoms with Crippen LogP contribution in [0.4, 0.5) is 11.6 Å². The lowest BCUT2D eigenvalue weighted by Crippen LogP contribution is -2.14. The first-order valence-electron chi connectivity index (χ1n) is 7.61. The van der Waals surface area contributed by atoms with Crippen molar-refractivity contribution in [3.63, 3.8) is 0 Å². The van der Waals surface area contributed by atoms with E-state index in [0.717, 1.165) is 43.0 Å². The monoisotopic (exact) mass is 278 g/mol. The van der Waals surface area contributed by atoms with Crippen LogP contribution in [0.5, 0.6) is 5.75 Å². The summed E-state index contributed by atoms with van der Waals surface area (Å²) in [6.07, 6.45) is 6.59. The Morgan fingerprint density at radius 3 is 2.60 bits per heavy atom. The molecule has 1 aromatic heterocycles. The lowest BCUT2D eigenvalue weighted by Gasteiger charge is -2.16. The van der Waals surface area contributed by atoms with E-state index in [2.05, 4.69) is 34.4 Å². The van der Waals surface area contributed by atoms with Crippen LogP contribution in [0, 0.1) is 11.8 Å². The highest BCUT2D eigenvalue weighted by atomic mass is 16.5. The Morgan fingerprint density at radius 1 is 1.25 bits per heavy atom. The molecule has 0 saturated heterocycles. The molecule has 0 radical (unpaired) electrons. The molecule has 2 atom stereocenters. The topological polar surface area (TPSA) is 59.1 Å². The van der Waals surface area contributed by atoms with E-state index >= 15 is 0 Å². The molecule has 1 saturated carbocycles. The number of nitrogens with one attached hydrogen (secondary N) is 2. The van der Waals surface area contributed by atoms with Crippen LogP contribution < -0.4 is 15.4 Å². The minimum Gasteiger partial charge on any atom is -0.490 e. The lowest BCUT2D eigenvalue weighted by molar-refractivity contribution is 0.414. The van der Waals surface area contributed by atoms with Crippen molar-refractivity contribution in [2.75, 3.05) is 30.8 Å².